The van der Waals surface area contributed by atoms with Gasteiger partial charge in [0.05, 0.1) is 0 Å². The average molecular weight is 171 g/mol. The van der Waals surface area contributed by atoms with E-state index in [9.17, 15) is 8.78 Å². The van der Waals surface area contributed by atoms with Gasteiger partial charge in [-0.25, -0.2) is 8.78 Å². The minimum Gasteiger partial charge on any atom is -0.488 e. The van der Waals surface area contributed by atoms with Gasteiger partial charge in [0.25, 0.3) is 6.43 Å². The van der Waals surface area contributed by atoms with E-state index >= 15 is 0 Å². The number of ether oxygens (including phenoxy) is 1. The molecule has 0 N–H and O–H groups in total. The predicted octanol–water partition coefficient (Wildman–Crippen LogP) is 2.44. The molecule has 0 bridgehead atoms. The Morgan fingerprint density at radius 1 is 1.58 bits per heavy atom. The summed E-state index contributed by atoms with van der Waals surface area (Å²) < 4.78 is 28.2. The third kappa shape index (κ3) is 2.86. The van der Waals surface area contributed by atoms with Crippen molar-refractivity contribution in [3.63, 3.8) is 0 Å². The quantitative estimate of drug-likeness (QED) is 0.678. The van der Waals surface area contributed by atoms with E-state index in [1.165, 1.54) is 0 Å². The standard InChI is InChI=1S/C9H9F2O/c1-7-3-2-4-8(5-7)12-6-9(10)11/h2,4-5,9H,6H2,1H3. The van der Waals surface area contributed by atoms with E-state index in [1.807, 2.05) is 6.92 Å². The van der Waals surface area contributed by atoms with E-state index in [0.29, 0.717) is 5.75 Å². The number of aryl methyl sites for hydroxylation is 1. The van der Waals surface area contributed by atoms with Crippen LogP contribution in [0.2, 0.25) is 0 Å². The first-order valence-corrected chi connectivity index (χ1v) is 3.58. The van der Waals surface area contributed by atoms with Crippen LogP contribution in [0, 0.1) is 13.0 Å². The third-order valence-corrected chi connectivity index (χ3v) is 1.29. The van der Waals surface area contributed by atoms with Gasteiger partial charge in [0.2, 0.25) is 0 Å². The maximum Gasteiger partial charge on any atom is 0.272 e. The molecule has 0 aliphatic rings. The van der Waals surface area contributed by atoms with E-state index in [-0.39, 0.29) is 0 Å². The second-order valence-electron chi connectivity index (χ2n) is 2.41. The van der Waals surface area contributed by atoms with Gasteiger partial charge in [-0.15, -0.1) is 0 Å². The maximum absolute atomic E-state index is 11.7. The molecule has 1 aromatic carbocycles. The van der Waals surface area contributed by atoms with E-state index < -0.39 is 13.0 Å². The van der Waals surface area contributed by atoms with Crippen LogP contribution in [0.5, 0.6) is 5.75 Å². The molecule has 0 saturated heterocycles. The van der Waals surface area contributed by atoms with Gasteiger partial charge >= 0.3 is 0 Å². The van der Waals surface area contributed by atoms with Crippen LogP contribution in [-0.2, 0) is 0 Å². The summed E-state index contributed by atoms with van der Waals surface area (Å²) in [5.41, 5.74) is 0.877. The smallest absolute Gasteiger partial charge is 0.272 e. The van der Waals surface area contributed by atoms with Gasteiger partial charge < -0.3 is 4.74 Å². The Morgan fingerprint density at radius 3 is 2.92 bits per heavy atom. The molecule has 0 aliphatic heterocycles. The fourth-order valence-corrected chi connectivity index (χ4v) is 0.807. The maximum atomic E-state index is 11.7. The van der Waals surface area contributed by atoms with Gasteiger partial charge in [-0.3, -0.25) is 0 Å². The summed E-state index contributed by atoms with van der Waals surface area (Å²) in [5, 5.41) is 0. The van der Waals surface area contributed by atoms with Crippen LogP contribution in [0.4, 0.5) is 8.78 Å². The van der Waals surface area contributed by atoms with Crippen molar-refractivity contribution >= 4 is 0 Å². The molecule has 1 nitrogen and oxygen atoms in total. The second-order valence-corrected chi connectivity index (χ2v) is 2.41. The topological polar surface area (TPSA) is 9.23 Å². The zero-order chi connectivity index (χ0) is 8.97. The van der Waals surface area contributed by atoms with Crippen LogP contribution >= 0.6 is 0 Å². The van der Waals surface area contributed by atoms with Crippen LogP contribution in [0.3, 0.4) is 0 Å². The molecule has 0 fully saturated rings. The summed E-state index contributed by atoms with van der Waals surface area (Å²) in [5.74, 6) is 0.464. The number of halogens is 2. The molecule has 0 spiro atoms. The molecular formula is C9H9F2O. The van der Waals surface area contributed by atoms with Crippen LogP contribution < -0.4 is 4.74 Å². The van der Waals surface area contributed by atoms with E-state index in [2.05, 4.69) is 6.07 Å². The van der Waals surface area contributed by atoms with Gasteiger partial charge in [0.15, 0.2) is 0 Å². The third-order valence-electron chi connectivity index (χ3n) is 1.29. The Balaban J connectivity index is 2.52. The van der Waals surface area contributed by atoms with Crippen LogP contribution in [0.25, 0.3) is 0 Å². The number of alkyl halides is 2. The fraction of sp³-hybridized carbons (Fsp3) is 0.333. The average Bonchev–Trinajstić information content (AvgIpc) is 2.01. The lowest BCUT2D eigenvalue weighted by Gasteiger charge is -2.04. The molecule has 1 radical (unpaired) electrons. The van der Waals surface area contributed by atoms with Gasteiger partial charge in [-0.2, -0.15) is 0 Å². The summed E-state index contributed by atoms with van der Waals surface area (Å²) in [6.45, 7) is 1.28. The fourth-order valence-electron chi connectivity index (χ4n) is 0.807. The monoisotopic (exact) mass is 171 g/mol. The molecule has 1 rings (SSSR count). The highest BCUT2D eigenvalue weighted by Gasteiger charge is 2.02. The van der Waals surface area contributed by atoms with Crippen molar-refractivity contribution in [1.29, 1.82) is 0 Å². The summed E-state index contributed by atoms with van der Waals surface area (Å²) in [7, 11) is 0. The summed E-state index contributed by atoms with van der Waals surface area (Å²) in [6, 6.07) is 7.82. The molecule has 0 atom stereocenters. The highest BCUT2D eigenvalue weighted by Crippen LogP contribution is 2.12. The molecule has 0 aliphatic carbocycles. The molecule has 12 heavy (non-hydrogen) atoms. The highest BCUT2D eigenvalue weighted by molar-refractivity contribution is 5.26. The van der Waals surface area contributed by atoms with Crippen LogP contribution in [-0.4, -0.2) is 13.0 Å². The van der Waals surface area contributed by atoms with Gasteiger partial charge in [-0.05, 0) is 30.7 Å². The first kappa shape index (κ1) is 8.97. The van der Waals surface area contributed by atoms with Crippen molar-refractivity contribution in [2.24, 2.45) is 0 Å². The summed E-state index contributed by atoms with van der Waals surface area (Å²) >= 11 is 0. The molecule has 0 amide bonds. The van der Waals surface area contributed by atoms with Crippen molar-refractivity contribution < 1.29 is 13.5 Å². The second kappa shape index (κ2) is 4.04. The zero-order valence-corrected chi connectivity index (χ0v) is 6.68. The first-order chi connectivity index (χ1) is 5.68. The lowest BCUT2D eigenvalue weighted by molar-refractivity contribution is 0.0819. The number of hydrogen-bond donors (Lipinski definition) is 0. The lowest BCUT2D eigenvalue weighted by atomic mass is 10.2. The molecule has 1 aromatic rings. The van der Waals surface area contributed by atoms with Crippen molar-refractivity contribution in [2.45, 2.75) is 13.3 Å². The molecule has 0 heterocycles. The molecule has 65 valence electrons. The Morgan fingerprint density at radius 2 is 2.33 bits per heavy atom. The van der Waals surface area contributed by atoms with Gasteiger partial charge in [-0.1, -0.05) is 6.07 Å². The molecule has 0 saturated carbocycles. The number of hydrogen-bond acceptors (Lipinski definition) is 1. The first-order valence-electron chi connectivity index (χ1n) is 3.58. The minimum absolute atomic E-state index is 0.464. The predicted molar refractivity (Wildman–Crippen MR) is 41.5 cm³/mol. The Hall–Kier alpha value is -1.12. The van der Waals surface area contributed by atoms with Crippen LogP contribution in [0.15, 0.2) is 18.2 Å². The van der Waals surface area contributed by atoms with Gasteiger partial charge in [0.1, 0.15) is 12.4 Å². The van der Waals surface area contributed by atoms with E-state index in [1.54, 1.807) is 18.2 Å². The van der Waals surface area contributed by atoms with E-state index in [4.69, 9.17) is 4.74 Å². The van der Waals surface area contributed by atoms with Crippen molar-refractivity contribution in [3.05, 3.63) is 29.8 Å². The van der Waals surface area contributed by atoms with Crippen molar-refractivity contribution in [2.75, 3.05) is 6.61 Å². The largest absolute Gasteiger partial charge is 0.488 e. The number of rotatable bonds is 3. The van der Waals surface area contributed by atoms with E-state index in [0.717, 1.165) is 5.56 Å². The van der Waals surface area contributed by atoms with Crippen molar-refractivity contribution in [1.82, 2.24) is 0 Å². The lowest BCUT2D eigenvalue weighted by Crippen LogP contribution is -2.06. The summed E-state index contributed by atoms with van der Waals surface area (Å²) in [4.78, 5) is 0. The molecule has 3 heteroatoms. The Bertz CT molecular complexity index is 248. The highest BCUT2D eigenvalue weighted by atomic mass is 19.3. The molecular weight excluding hydrogens is 162 g/mol. The van der Waals surface area contributed by atoms with Gasteiger partial charge in [0, 0.05) is 0 Å². The normalized spacial score (nSPS) is 10.3. The summed E-state index contributed by atoms with van der Waals surface area (Å²) in [6.07, 6.45) is -2.42. The van der Waals surface area contributed by atoms with Crippen LogP contribution in [0.1, 0.15) is 5.56 Å². The van der Waals surface area contributed by atoms with Crippen molar-refractivity contribution in [3.8, 4) is 5.75 Å². The Kier molecular flexibility index (Phi) is 3.02. The SMILES string of the molecule is Cc1[c]ccc(OCC(F)F)c1. The zero-order valence-electron chi connectivity index (χ0n) is 6.68. The number of benzene rings is 1. The molecule has 0 aromatic heterocycles. The Labute approximate surface area is 70.0 Å². The minimum atomic E-state index is -2.42. The molecule has 0 unspecified atom stereocenters.